The van der Waals surface area contributed by atoms with Crippen molar-refractivity contribution in [2.45, 2.75) is 6.61 Å². The Morgan fingerprint density at radius 3 is 2.56 bits per heavy atom. The number of aromatic amines is 1. The van der Waals surface area contributed by atoms with Crippen LogP contribution in [0.2, 0.25) is 0 Å². The van der Waals surface area contributed by atoms with Gasteiger partial charge in [-0.1, -0.05) is 0 Å². The van der Waals surface area contributed by atoms with Crippen LogP contribution in [0.15, 0.2) is 42.5 Å². The molecule has 0 radical (unpaired) electrons. The highest BCUT2D eigenvalue weighted by Gasteiger charge is 2.17. The molecular weight excluding hydrogens is 354 g/mol. The van der Waals surface area contributed by atoms with E-state index in [9.17, 15) is 14.9 Å². The second-order valence-electron chi connectivity index (χ2n) is 5.46. The Hall–Kier alpha value is -3.95. The van der Waals surface area contributed by atoms with Gasteiger partial charge >= 0.3 is 0 Å². The Labute approximate surface area is 153 Å². The van der Waals surface area contributed by atoms with Gasteiger partial charge in [0, 0.05) is 17.7 Å². The molecule has 0 saturated carbocycles. The number of nitrogens with zero attached hydrogens (tertiary/aromatic N) is 3. The molecule has 1 heterocycles. The number of carbonyl (C=O) groups is 1. The Morgan fingerprint density at radius 2 is 1.93 bits per heavy atom. The van der Waals surface area contributed by atoms with Crippen LogP contribution in [0.3, 0.4) is 0 Å². The van der Waals surface area contributed by atoms with Gasteiger partial charge < -0.3 is 15.2 Å². The predicted octanol–water partition coefficient (Wildman–Crippen LogP) is 2.07. The van der Waals surface area contributed by atoms with Gasteiger partial charge in [-0.25, -0.2) is 0 Å². The zero-order valence-corrected chi connectivity index (χ0v) is 14.2. The molecule has 0 spiro atoms. The normalized spacial score (nSPS) is 10.4. The number of nitrogens with two attached hydrogens (primary N) is 1. The summed E-state index contributed by atoms with van der Waals surface area (Å²) in [6, 6.07) is 11.1. The minimum absolute atomic E-state index is 0.0125. The number of hydrogen-bond acceptors (Lipinski definition) is 7. The van der Waals surface area contributed by atoms with Crippen molar-refractivity contribution in [3.8, 4) is 22.8 Å². The summed E-state index contributed by atoms with van der Waals surface area (Å²) >= 11 is 0. The number of hydrogen-bond donors (Lipinski definition) is 2. The fourth-order valence-corrected chi connectivity index (χ4v) is 2.41. The average molecular weight is 369 g/mol. The van der Waals surface area contributed by atoms with E-state index < -0.39 is 10.8 Å². The maximum Gasteiger partial charge on any atom is 0.271 e. The topological polar surface area (TPSA) is 146 Å². The fraction of sp³-hybridized carbons (Fsp3) is 0.118. The van der Waals surface area contributed by atoms with Crippen LogP contribution in [0, 0.1) is 10.1 Å². The molecule has 0 aliphatic rings. The second kappa shape index (κ2) is 7.52. The highest BCUT2D eigenvalue weighted by atomic mass is 16.6. The van der Waals surface area contributed by atoms with Crippen molar-refractivity contribution >= 4 is 11.6 Å². The molecule has 0 saturated heterocycles. The van der Waals surface area contributed by atoms with E-state index in [4.69, 9.17) is 15.2 Å². The maximum absolute atomic E-state index is 11.4. The smallest absolute Gasteiger partial charge is 0.271 e. The average Bonchev–Trinajstić information content (AvgIpc) is 3.16. The lowest BCUT2D eigenvalue weighted by Gasteiger charge is -2.12. The van der Waals surface area contributed by atoms with Gasteiger partial charge in [0.15, 0.2) is 17.2 Å². The quantitative estimate of drug-likeness (QED) is 0.478. The third kappa shape index (κ3) is 3.84. The molecule has 3 rings (SSSR count). The molecule has 0 aliphatic carbocycles. The summed E-state index contributed by atoms with van der Waals surface area (Å²) in [4.78, 5) is 21.6. The molecular formula is C17H15N5O5. The molecule has 1 amide bonds. The molecule has 10 nitrogen and oxygen atoms in total. The van der Waals surface area contributed by atoms with Gasteiger partial charge in [-0.05, 0) is 35.9 Å². The van der Waals surface area contributed by atoms with E-state index in [1.165, 1.54) is 19.2 Å². The molecule has 10 heteroatoms. The van der Waals surface area contributed by atoms with E-state index in [0.29, 0.717) is 22.8 Å². The van der Waals surface area contributed by atoms with Crippen molar-refractivity contribution in [1.82, 2.24) is 15.4 Å². The van der Waals surface area contributed by atoms with Crippen molar-refractivity contribution in [2.24, 2.45) is 5.73 Å². The number of primary amides is 1. The second-order valence-corrected chi connectivity index (χ2v) is 5.46. The summed E-state index contributed by atoms with van der Waals surface area (Å²) in [6.07, 6.45) is 0. The molecule has 0 bridgehead atoms. The van der Waals surface area contributed by atoms with Crippen LogP contribution in [-0.4, -0.2) is 33.4 Å². The minimum Gasteiger partial charge on any atom is -0.493 e. The first-order valence-electron chi connectivity index (χ1n) is 7.74. The minimum atomic E-state index is -0.698. The molecule has 3 aromatic rings. The molecule has 1 aromatic heterocycles. The maximum atomic E-state index is 11.4. The third-order valence-corrected chi connectivity index (χ3v) is 3.76. The summed E-state index contributed by atoms with van der Waals surface area (Å²) in [5.74, 6) is 0.188. The van der Waals surface area contributed by atoms with E-state index in [0.717, 1.165) is 5.56 Å². The molecule has 138 valence electrons. The van der Waals surface area contributed by atoms with E-state index in [-0.39, 0.29) is 18.0 Å². The zero-order chi connectivity index (χ0) is 19.4. The van der Waals surface area contributed by atoms with Crippen LogP contribution in [0.1, 0.15) is 16.1 Å². The Morgan fingerprint density at radius 1 is 1.19 bits per heavy atom. The Bertz CT molecular complexity index is 984. The highest BCUT2D eigenvalue weighted by molar-refractivity contribution is 5.96. The fourth-order valence-electron chi connectivity index (χ4n) is 2.41. The van der Waals surface area contributed by atoms with Crippen molar-refractivity contribution < 1.29 is 19.2 Å². The molecule has 2 aromatic carbocycles. The number of nitro groups is 1. The molecule has 27 heavy (non-hydrogen) atoms. The van der Waals surface area contributed by atoms with Gasteiger partial charge in [0.1, 0.15) is 12.3 Å². The highest BCUT2D eigenvalue weighted by Crippen LogP contribution is 2.33. The summed E-state index contributed by atoms with van der Waals surface area (Å²) in [5, 5.41) is 20.7. The number of aromatic nitrogens is 3. The van der Waals surface area contributed by atoms with Gasteiger partial charge in [-0.2, -0.15) is 15.4 Å². The number of amides is 1. The van der Waals surface area contributed by atoms with Crippen LogP contribution in [0.4, 0.5) is 5.69 Å². The van der Waals surface area contributed by atoms with Crippen LogP contribution in [-0.2, 0) is 6.61 Å². The van der Waals surface area contributed by atoms with Crippen LogP contribution < -0.4 is 15.2 Å². The van der Waals surface area contributed by atoms with Crippen LogP contribution in [0.25, 0.3) is 11.3 Å². The lowest BCUT2D eigenvalue weighted by Crippen LogP contribution is -2.12. The molecule has 3 N–H and O–H groups in total. The zero-order valence-electron chi connectivity index (χ0n) is 14.2. The lowest BCUT2D eigenvalue weighted by molar-refractivity contribution is -0.384. The van der Waals surface area contributed by atoms with Crippen molar-refractivity contribution in [1.29, 1.82) is 0 Å². The first-order chi connectivity index (χ1) is 13.0. The number of non-ortho nitro benzene ring substituents is 1. The number of nitrogens with one attached hydrogen (secondary N) is 1. The molecule has 0 unspecified atom stereocenters. The van der Waals surface area contributed by atoms with Crippen LogP contribution in [0.5, 0.6) is 11.5 Å². The first kappa shape index (κ1) is 17.9. The summed E-state index contributed by atoms with van der Waals surface area (Å²) in [6.45, 7) is 0.199. The monoisotopic (exact) mass is 369 g/mol. The van der Waals surface area contributed by atoms with Gasteiger partial charge in [0.2, 0.25) is 0 Å². The van der Waals surface area contributed by atoms with Crippen molar-refractivity contribution in [3.63, 3.8) is 0 Å². The SMILES string of the molecule is COc1cc(-c2n[nH]nc2C(N)=O)ccc1OCc1ccc([N+](=O)[O-])cc1. The number of carbonyl (C=O) groups excluding carboxylic acids is 1. The number of ether oxygens (including phenoxy) is 2. The molecule has 0 atom stereocenters. The number of benzene rings is 2. The van der Waals surface area contributed by atoms with Crippen molar-refractivity contribution in [3.05, 3.63) is 63.8 Å². The Balaban J connectivity index is 1.79. The van der Waals surface area contributed by atoms with Gasteiger partial charge in [-0.3, -0.25) is 14.9 Å². The van der Waals surface area contributed by atoms with Crippen molar-refractivity contribution in [2.75, 3.05) is 7.11 Å². The summed E-state index contributed by atoms with van der Waals surface area (Å²) in [7, 11) is 1.48. The van der Waals surface area contributed by atoms with Crippen LogP contribution >= 0.6 is 0 Å². The number of rotatable bonds is 7. The standard InChI is InChI=1S/C17H15N5O5/c1-26-14-8-11(15-16(17(18)23)20-21-19-15)4-7-13(14)27-9-10-2-5-12(6-3-10)22(24)25/h2-8H,9H2,1H3,(H2,18,23)(H,19,20,21). The first-order valence-corrected chi connectivity index (χ1v) is 7.74. The van der Waals surface area contributed by atoms with Gasteiger partial charge in [-0.15, -0.1) is 0 Å². The largest absolute Gasteiger partial charge is 0.493 e. The molecule has 0 fully saturated rings. The van der Waals surface area contributed by atoms with E-state index in [1.54, 1.807) is 30.3 Å². The van der Waals surface area contributed by atoms with Gasteiger partial charge in [0.05, 0.1) is 12.0 Å². The summed E-state index contributed by atoms with van der Waals surface area (Å²) < 4.78 is 11.1. The Kier molecular flexibility index (Phi) is 4.97. The number of H-pyrrole nitrogens is 1. The number of methoxy groups -OCH3 is 1. The molecule has 0 aliphatic heterocycles. The van der Waals surface area contributed by atoms with E-state index in [1.807, 2.05) is 0 Å². The third-order valence-electron chi connectivity index (χ3n) is 3.76. The lowest BCUT2D eigenvalue weighted by atomic mass is 10.1. The van der Waals surface area contributed by atoms with E-state index >= 15 is 0 Å². The summed E-state index contributed by atoms with van der Waals surface area (Å²) in [5.41, 5.74) is 6.97. The predicted molar refractivity (Wildman–Crippen MR) is 94.3 cm³/mol. The van der Waals surface area contributed by atoms with Gasteiger partial charge in [0.25, 0.3) is 11.6 Å². The van der Waals surface area contributed by atoms with E-state index in [2.05, 4.69) is 15.4 Å². The number of nitro benzene ring substituents is 1.